The molecule has 3 heteroatoms. The molecule has 0 radical (unpaired) electrons. The molecule has 3 nitrogen and oxygen atoms in total. The molecule has 1 N–H and O–H groups in total. The Labute approximate surface area is 95.7 Å². The zero-order valence-corrected chi connectivity index (χ0v) is 9.30. The van der Waals surface area contributed by atoms with Crippen LogP contribution in [0.15, 0.2) is 30.3 Å². The number of carbonyl (C=O) groups is 1. The molecule has 1 aliphatic rings. The lowest BCUT2D eigenvalue weighted by Gasteiger charge is -2.36. The van der Waals surface area contributed by atoms with Crippen LogP contribution in [0, 0.1) is 0 Å². The molecule has 0 amide bonds. The number of carboxylic acid groups (broad SMARTS) is 1. The van der Waals surface area contributed by atoms with E-state index in [1.807, 2.05) is 18.2 Å². The SMILES string of the molecule is O=C(O)C[C@H]1CCCCN1c1ccccc1. The lowest BCUT2D eigenvalue weighted by Crippen LogP contribution is -2.40. The van der Waals surface area contributed by atoms with Crippen molar-refractivity contribution in [3.05, 3.63) is 30.3 Å². The molecule has 0 aromatic heterocycles. The first-order chi connectivity index (χ1) is 7.77. The van der Waals surface area contributed by atoms with Crippen molar-refractivity contribution in [2.45, 2.75) is 31.7 Å². The Morgan fingerprint density at radius 2 is 2.06 bits per heavy atom. The Balaban J connectivity index is 2.13. The number of rotatable bonds is 3. The molecule has 0 saturated carbocycles. The summed E-state index contributed by atoms with van der Waals surface area (Å²) < 4.78 is 0. The van der Waals surface area contributed by atoms with Crippen LogP contribution in [-0.2, 0) is 4.79 Å². The average molecular weight is 219 g/mol. The third kappa shape index (κ3) is 2.54. The van der Waals surface area contributed by atoms with E-state index in [-0.39, 0.29) is 12.5 Å². The largest absolute Gasteiger partial charge is 0.481 e. The second-order valence-corrected chi connectivity index (χ2v) is 4.28. The van der Waals surface area contributed by atoms with Crippen LogP contribution < -0.4 is 4.90 Å². The standard InChI is InChI=1S/C13H17NO2/c15-13(16)10-12-8-4-5-9-14(12)11-6-2-1-3-7-11/h1-3,6-7,12H,4-5,8-10H2,(H,15,16)/t12-/m1/s1. The van der Waals surface area contributed by atoms with Crippen molar-refractivity contribution in [1.29, 1.82) is 0 Å². The smallest absolute Gasteiger partial charge is 0.305 e. The topological polar surface area (TPSA) is 40.5 Å². The average Bonchev–Trinajstić information content (AvgIpc) is 2.30. The number of piperidine rings is 1. The highest BCUT2D eigenvalue weighted by atomic mass is 16.4. The van der Waals surface area contributed by atoms with Crippen molar-refractivity contribution >= 4 is 11.7 Å². The maximum Gasteiger partial charge on any atom is 0.305 e. The van der Waals surface area contributed by atoms with Gasteiger partial charge >= 0.3 is 5.97 Å². The number of anilines is 1. The Morgan fingerprint density at radius 3 is 2.75 bits per heavy atom. The van der Waals surface area contributed by atoms with E-state index in [0.717, 1.165) is 31.5 Å². The molecule has 1 aliphatic heterocycles. The fraction of sp³-hybridized carbons (Fsp3) is 0.462. The number of nitrogens with zero attached hydrogens (tertiary/aromatic N) is 1. The number of aliphatic carboxylic acids is 1. The minimum Gasteiger partial charge on any atom is -0.481 e. The van der Waals surface area contributed by atoms with E-state index in [0.29, 0.717) is 0 Å². The zero-order chi connectivity index (χ0) is 11.4. The highest BCUT2D eigenvalue weighted by Crippen LogP contribution is 2.26. The number of hydrogen-bond acceptors (Lipinski definition) is 2. The highest BCUT2D eigenvalue weighted by molar-refractivity contribution is 5.68. The molecule has 1 saturated heterocycles. The summed E-state index contributed by atoms with van der Waals surface area (Å²) in [4.78, 5) is 13.1. The van der Waals surface area contributed by atoms with Crippen molar-refractivity contribution in [1.82, 2.24) is 0 Å². The van der Waals surface area contributed by atoms with Crippen LogP contribution >= 0.6 is 0 Å². The molecular weight excluding hydrogens is 202 g/mol. The molecule has 0 aliphatic carbocycles. The number of carboxylic acids is 1. The lowest BCUT2D eigenvalue weighted by molar-refractivity contribution is -0.137. The summed E-state index contributed by atoms with van der Waals surface area (Å²) in [5.74, 6) is -0.701. The van der Waals surface area contributed by atoms with E-state index in [4.69, 9.17) is 5.11 Å². The van der Waals surface area contributed by atoms with Crippen LogP contribution in [0.4, 0.5) is 5.69 Å². The van der Waals surface area contributed by atoms with Crippen LogP contribution in [0.5, 0.6) is 0 Å². The quantitative estimate of drug-likeness (QED) is 0.849. The molecule has 0 unspecified atom stereocenters. The Kier molecular flexibility index (Phi) is 3.44. The molecule has 2 rings (SSSR count). The molecule has 0 spiro atoms. The monoisotopic (exact) mass is 219 g/mol. The fourth-order valence-corrected chi connectivity index (χ4v) is 2.37. The van der Waals surface area contributed by atoms with E-state index < -0.39 is 5.97 Å². The number of hydrogen-bond donors (Lipinski definition) is 1. The van der Waals surface area contributed by atoms with E-state index in [2.05, 4.69) is 17.0 Å². The van der Waals surface area contributed by atoms with Crippen LogP contribution in [0.25, 0.3) is 0 Å². The highest BCUT2D eigenvalue weighted by Gasteiger charge is 2.24. The predicted octanol–water partition coefficient (Wildman–Crippen LogP) is 2.52. The molecule has 16 heavy (non-hydrogen) atoms. The normalized spacial score (nSPS) is 20.8. The molecule has 0 bridgehead atoms. The second kappa shape index (κ2) is 5.01. The minimum absolute atomic E-state index is 0.161. The van der Waals surface area contributed by atoms with Crippen molar-refractivity contribution in [3.63, 3.8) is 0 Å². The van der Waals surface area contributed by atoms with Gasteiger partial charge in [0.25, 0.3) is 0 Å². The van der Waals surface area contributed by atoms with Crippen LogP contribution in [0.2, 0.25) is 0 Å². The van der Waals surface area contributed by atoms with Gasteiger partial charge in [0, 0.05) is 18.3 Å². The first-order valence-corrected chi connectivity index (χ1v) is 5.81. The predicted molar refractivity (Wildman–Crippen MR) is 63.7 cm³/mol. The maximum absolute atomic E-state index is 10.8. The van der Waals surface area contributed by atoms with Gasteiger partial charge in [0.1, 0.15) is 0 Å². The van der Waals surface area contributed by atoms with Crippen molar-refractivity contribution < 1.29 is 9.90 Å². The van der Waals surface area contributed by atoms with Crippen molar-refractivity contribution in [2.24, 2.45) is 0 Å². The lowest BCUT2D eigenvalue weighted by atomic mass is 9.98. The first-order valence-electron chi connectivity index (χ1n) is 5.81. The minimum atomic E-state index is -0.701. The van der Waals surface area contributed by atoms with Crippen molar-refractivity contribution in [2.75, 3.05) is 11.4 Å². The fourth-order valence-electron chi connectivity index (χ4n) is 2.37. The maximum atomic E-state index is 10.8. The Hall–Kier alpha value is -1.51. The molecule has 1 atom stereocenters. The van der Waals surface area contributed by atoms with Crippen LogP contribution in [0.3, 0.4) is 0 Å². The Bertz CT molecular complexity index is 350. The molecule has 1 aromatic rings. The van der Waals surface area contributed by atoms with Gasteiger partial charge in [-0.2, -0.15) is 0 Å². The molecule has 1 heterocycles. The van der Waals surface area contributed by atoms with Crippen LogP contribution in [-0.4, -0.2) is 23.7 Å². The first kappa shape index (κ1) is 11.0. The van der Waals surface area contributed by atoms with Gasteiger partial charge in [0.15, 0.2) is 0 Å². The summed E-state index contributed by atoms with van der Waals surface area (Å²) >= 11 is 0. The summed E-state index contributed by atoms with van der Waals surface area (Å²) in [6.45, 7) is 0.974. The number of para-hydroxylation sites is 1. The van der Waals surface area contributed by atoms with Gasteiger partial charge in [0.2, 0.25) is 0 Å². The van der Waals surface area contributed by atoms with Crippen molar-refractivity contribution in [3.8, 4) is 0 Å². The molecule has 1 fully saturated rings. The van der Waals surface area contributed by atoms with Gasteiger partial charge in [-0.15, -0.1) is 0 Å². The van der Waals surface area contributed by atoms with E-state index >= 15 is 0 Å². The summed E-state index contributed by atoms with van der Waals surface area (Å²) in [7, 11) is 0. The van der Waals surface area contributed by atoms with E-state index in [9.17, 15) is 4.79 Å². The molecule has 1 aromatic carbocycles. The summed E-state index contributed by atoms with van der Waals surface area (Å²) in [5, 5.41) is 8.90. The zero-order valence-electron chi connectivity index (χ0n) is 9.30. The van der Waals surface area contributed by atoms with Gasteiger partial charge in [-0.05, 0) is 31.4 Å². The van der Waals surface area contributed by atoms with E-state index in [1.165, 1.54) is 0 Å². The molecule has 86 valence electrons. The summed E-state index contributed by atoms with van der Waals surface area (Å²) in [6, 6.07) is 10.3. The third-order valence-corrected chi connectivity index (χ3v) is 3.13. The summed E-state index contributed by atoms with van der Waals surface area (Å²) in [6.07, 6.45) is 3.53. The van der Waals surface area contributed by atoms with E-state index in [1.54, 1.807) is 0 Å². The molecular formula is C13H17NO2. The van der Waals surface area contributed by atoms with Crippen LogP contribution in [0.1, 0.15) is 25.7 Å². The van der Waals surface area contributed by atoms with Gasteiger partial charge in [0.05, 0.1) is 6.42 Å². The van der Waals surface area contributed by atoms with Gasteiger partial charge < -0.3 is 10.0 Å². The van der Waals surface area contributed by atoms with Gasteiger partial charge in [-0.25, -0.2) is 0 Å². The second-order valence-electron chi connectivity index (χ2n) is 4.28. The Morgan fingerprint density at radius 1 is 1.31 bits per heavy atom. The van der Waals surface area contributed by atoms with Gasteiger partial charge in [-0.1, -0.05) is 18.2 Å². The summed E-state index contributed by atoms with van der Waals surface area (Å²) in [5.41, 5.74) is 1.15. The number of benzene rings is 1. The third-order valence-electron chi connectivity index (χ3n) is 3.13. The van der Waals surface area contributed by atoms with Gasteiger partial charge in [-0.3, -0.25) is 4.79 Å².